The van der Waals surface area contributed by atoms with Gasteiger partial charge in [0.25, 0.3) is 5.91 Å². The molecule has 2 heterocycles. The number of nitrogens with two attached hydrogens (primary N) is 1. The molecule has 1 aromatic heterocycles. The molecule has 0 spiro atoms. The fourth-order valence-electron chi connectivity index (χ4n) is 3.38. The average molecular weight is 436 g/mol. The Morgan fingerprint density at radius 1 is 1.16 bits per heavy atom. The highest BCUT2D eigenvalue weighted by atomic mass is 16.6. The van der Waals surface area contributed by atoms with Crippen molar-refractivity contribution < 1.29 is 23.8 Å². The Labute approximate surface area is 185 Å². The van der Waals surface area contributed by atoms with Crippen LogP contribution in [0.1, 0.15) is 46.2 Å². The Balaban J connectivity index is 1.45. The number of hydrogen-bond acceptors (Lipinski definition) is 7. The van der Waals surface area contributed by atoms with Crippen molar-refractivity contribution in [3.63, 3.8) is 0 Å². The van der Waals surface area contributed by atoms with E-state index in [9.17, 15) is 9.59 Å². The zero-order chi connectivity index (χ0) is 22.7. The Kier molecular flexibility index (Phi) is 5.98. The second-order valence-corrected chi connectivity index (χ2v) is 7.22. The van der Waals surface area contributed by atoms with E-state index < -0.39 is 5.97 Å². The third-order valence-corrected chi connectivity index (χ3v) is 5.09. The summed E-state index contributed by atoms with van der Waals surface area (Å²) in [7, 11) is 0. The van der Waals surface area contributed by atoms with Crippen molar-refractivity contribution >= 4 is 17.7 Å². The van der Waals surface area contributed by atoms with Gasteiger partial charge in [-0.2, -0.15) is 5.10 Å². The Morgan fingerprint density at radius 2 is 1.88 bits per heavy atom. The number of amides is 1. The van der Waals surface area contributed by atoms with Crippen LogP contribution in [-0.2, 0) is 4.74 Å². The molecule has 1 amide bonds. The van der Waals surface area contributed by atoms with Crippen molar-refractivity contribution in [2.24, 2.45) is 0 Å². The number of nitrogens with zero attached hydrogens (tertiary/aromatic N) is 2. The number of carbonyl (C=O) groups is 2. The molecule has 1 aliphatic rings. The molecule has 0 radical (unpaired) electrons. The topological polar surface area (TPSA) is 118 Å². The summed E-state index contributed by atoms with van der Waals surface area (Å²) >= 11 is 0. The van der Waals surface area contributed by atoms with Crippen molar-refractivity contribution in [1.82, 2.24) is 15.1 Å². The molecule has 0 unspecified atom stereocenters. The zero-order valence-corrected chi connectivity index (χ0v) is 17.8. The van der Waals surface area contributed by atoms with Gasteiger partial charge in [-0.15, -0.1) is 0 Å². The predicted octanol–water partition coefficient (Wildman–Crippen LogP) is 2.89. The zero-order valence-electron chi connectivity index (χ0n) is 17.8. The third-order valence-electron chi connectivity index (χ3n) is 5.09. The summed E-state index contributed by atoms with van der Waals surface area (Å²) in [6.45, 7) is 4.91. The van der Waals surface area contributed by atoms with Gasteiger partial charge in [-0.05, 0) is 55.8 Å². The van der Waals surface area contributed by atoms with Gasteiger partial charge in [-0.1, -0.05) is 6.07 Å². The number of hydrogen-bond donors (Lipinski definition) is 2. The molecular weight excluding hydrogens is 412 g/mol. The van der Waals surface area contributed by atoms with Crippen LogP contribution in [0.3, 0.4) is 0 Å². The highest BCUT2D eigenvalue weighted by Gasteiger charge is 2.19. The van der Waals surface area contributed by atoms with Crippen LogP contribution < -0.4 is 20.5 Å². The number of fused-ring (bicyclic) bond motifs is 1. The second-order valence-electron chi connectivity index (χ2n) is 7.22. The van der Waals surface area contributed by atoms with E-state index in [0.29, 0.717) is 36.0 Å². The lowest BCUT2D eigenvalue weighted by atomic mass is 10.1. The number of esters is 1. The quantitative estimate of drug-likeness (QED) is 0.571. The van der Waals surface area contributed by atoms with Gasteiger partial charge >= 0.3 is 5.97 Å². The van der Waals surface area contributed by atoms with E-state index in [1.165, 1.54) is 10.9 Å². The molecule has 9 nitrogen and oxygen atoms in total. The minimum Gasteiger partial charge on any atom is -0.486 e. The summed E-state index contributed by atoms with van der Waals surface area (Å²) < 4.78 is 17.5. The number of aromatic nitrogens is 2. The standard InChI is InChI=1S/C23H24N4O5/c1-3-30-23(29)18-13-25-27(21(18)24)17-7-4-15(5-8-17)22(28)26-14(2)16-6-9-19-20(12-16)32-11-10-31-19/h4-9,12-14H,3,10-11,24H2,1-2H3,(H,26,28)/t14-/m0/s1. The summed E-state index contributed by atoms with van der Waals surface area (Å²) in [5.41, 5.74) is 8.25. The highest BCUT2D eigenvalue weighted by molar-refractivity contribution is 5.95. The third kappa shape index (κ3) is 4.22. The van der Waals surface area contributed by atoms with Gasteiger partial charge in [0.05, 0.1) is 24.5 Å². The first-order valence-electron chi connectivity index (χ1n) is 10.3. The van der Waals surface area contributed by atoms with Gasteiger partial charge in [0, 0.05) is 5.56 Å². The van der Waals surface area contributed by atoms with Crippen LogP contribution in [0, 0.1) is 0 Å². The first kappa shape index (κ1) is 21.2. The molecule has 2 aromatic carbocycles. The number of carbonyl (C=O) groups excluding carboxylic acids is 2. The molecule has 3 N–H and O–H groups in total. The van der Waals surface area contributed by atoms with Crippen molar-refractivity contribution in [1.29, 1.82) is 0 Å². The van der Waals surface area contributed by atoms with Gasteiger partial charge in [0.15, 0.2) is 11.5 Å². The molecule has 1 aliphatic heterocycles. The lowest BCUT2D eigenvalue weighted by Crippen LogP contribution is -2.26. The minimum absolute atomic E-state index is 0.174. The maximum absolute atomic E-state index is 12.7. The number of nitrogens with one attached hydrogen (secondary N) is 1. The molecule has 0 aliphatic carbocycles. The number of benzene rings is 2. The van der Waals surface area contributed by atoms with E-state index in [1.54, 1.807) is 31.2 Å². The molecule has 166 valence electrons. The van der Waals surface area contributed by atoms with E-state index in [-0.39, 0.29) is 29.9 Å². The van der Waals surface area contributed by atoms with Gasteiger partial charge < -0.3 is 25.3 Å². The van der Waals surface area contributed by atoms with Gasteiger partial charge in [-0.3, -0.25) is 4.79 Å². The van der Waals surface area contributed by atoms with Crippen LogP contribution in [0.2, 0.25) is 0 Å². The van der Waals surface area contributed by atoms with Crippen LogP contribution in [0.4, 0.5) is 5.82 Å². The number of nitrogen functional groups attached to an aromatic ring is 1. The molecule has 1 atom stereocenters. The first-order valence-corrected chi connectivity index (χ1v) is 10.3. The van der Waals surface area contributed by atoms with E-state index in [4.69, 9.17) is 19.9 Å². The Hall–Kier alpha value is -4.01. The van der Waals surface area contributed by atoms with Gasteiger partial charge in [0.1, 0.15) is 24.6 Å². The van der Waals surface area contributed by atoms with Crippen LogP contribution in [0.15, 0.2) is 48.7 Å². The van der Waals surface area contributed by atoms with Crippen molar-refractivity contribution in [2.75, 3.05) is 25.6 Å². The largest absolute Gasteiger partial charge is 0.486 e. The van der Waals surface area contributed by atoms with E-state index in [1.807, 2.05) is 25.1 Å². The summed E-state index contributed by atoms with van der Waals surface area (Å²) in [5, 5.41) is 7.13. The maximum atomic E-state index is 12.7. The van der Waals surface area contributed by atoms with E-state index in [2.05, 4.69) is 10.4 Å². The molecule has 3 aromatic rings. The molecule has 32 heavy (non-hydrogen) atoms. The minimum atomic E-state index is -0.527. The van der Waals surface area contributed by atoms with Crippen LogP contribution in [-0.4, -0.2) is 41.5 Å². The lowest BCUT2D eigenvalue weighted by Gasteiger charge is -2.21. The Morgan fingerprint density at radius 3 is 2.59 bits per heavy atom. The highest BCUT2D eigenvalue weighted by Crippen LogP contribution is 2.32. The van der Waals surface area contributed by atoms with E-state index >= 15 is 0 Å². The fourth-order valence-corrected chi connectivity index (χ4v) is 3.38. The SMILES string of the molecule is CCOC(=O)c1cnn(-c2ccc(C(=O)N[C@@H](C)c3ccc4c(c3)OCCO4)cc2)c1N. The van der Waals surface area contributed by atoms with Crippen LogP contribution in [0.5, 0.6) is 11.5 Å². The summed E-state index contributed by atoms with van der Waals surface area (Å²) in [5.74, 6) is 0.809. The number of rotatable bonds is 6. The molecular formula is C23H24N4O5. The summed E-state index contributed by atoms with van der Waals surface area (Å²) in [6.07, 6.45) is 1.36. The van der Waals surface area contributed by atoms with Crippen LogP contribution >= 0.6 is 0 Å². The molecule has 0 fully saturated rings. The molecule has 0 saturated heterocycles. The second kappa shape index (κ2) is 9.01. The van der Waals surface area contributed by atoms with Crippen LogP contribution in [0.25, 0.3) is 5.69 Å². The monoisotopic (exact) mass is 436 g/mol. The molecule has 9 heteroatoms. The fraction of sp³-hybridized carbons (Fsp3) is 0.261. The maximum Gasteiger partial charge on any atom is 0.343 e. The number of ether oxygens (including phenoxy) is 3. The van der Waals surface area contributed by atoms with Crippen molar-refractivity contribution in [2.45, 2.75) is 19.9 Å². The number of anilines is 1. The summed E-state index contributed by atoms with van der Waals surface area (Å²) in [6, 6.07) is 12.2. The smallest absolute Gasteiger partial charge is 0.343 e. The Bertz CT molecular complexity index is 1140. The first-order chi connectivity index (χ1) is 15.5. The molecule has 0 bridgehead atoms. The van der Waals surface area contributed by atoms with Crippen molar-refractivity contribution in [3.05, 3.63) is 65.4 Å². The van der Waals surface area contributed by atoms with Crippen molar-refractivity contribution in [3.8, 4) is 17.2 Å². The van der Waals surface area contributed by atoms with Gasteiger partial charge in [0.2, 0.25) is 0 Å². The normalized spacial score (nSPS) is 13.3. The predicted molar refractivity (Wildman–Crippen MR) is 117 cm³/mol. The molecule has 0 saturated carbocycles. The lowest BCUT2D eigenvalue weighted by molar-refractivity contribution is 0.0527. The molecule has 4 rings (SSSR count). The van der Waals surface area contributed by atoms with Gasteiger partial charge in [-0.25, -0.2) is 9.48 Å². The average Bonchev–Trinajstić information content (AvgIpc) is 3.20. The van der Waals surface area contributed by atoms with E-state index in [0.717, 1.165) is 5.56 Å². The summed E-state index contributed by atoms with van der Waals surface area (Å²) in [4.78, 5) is 24.7.